The van der Waals surface area contributed by atoms with Crippen LogP contribution < -0.4 is 14.2 Å². The van der Waals surface area contributed by atoms with E-state index in [1.807, 2.05) is 26.0 Å². The molecule has 0 fully saturated rings. The number of hydrogen-bond acceptors (Lipinski definition) is 5. The van der Waals surface area contributed by atoms with Crippen LogP contribution in [0.15, 0.2) is 17.7 Å². The van der Waals surface area contributed by atoms with E-state index in [-0.39, 0.29) is 5.57 Å². The molecule has 0 bridgehead atoms. The Bertz CT molecular complexity index is 564. The Kier molecular flexibility index (Phi) is 5.93. The van der Waals surface area contributed by atoms with Crippen LogP contribution in [0, 0.1) is 22.7 Å². The number of allylic oxidation sites excluding steroid dienone is 1. The Morgan fingerprint density at radius 3 is 2.05 bits per heavy atom. The Hall–Kier alpha value is -2.66. The molecule has 0 spiro atoms. The molecule has 0 heterocycles. The maximum absolute atomic E-state index is 8.82. The first-order valence-electron chi connectivity index (χ1n) is 6.19. The van der Waals surface area contributed by atoms with Crippen molar-refractivity contribution in [3.8, 4) is 29.4 Å². The minimum atomic E-state index is -0.00471. The Morgan fingerprint density at radius 2 is 1.60 bits per heavy atom. The molecule has 0 aliphatic heterocycles. The predicted octanol–water partition coefficient (Wildman–Crippen LogP) is 2.92. The lowest BCUT2D eigenvalue weighted by molar-refractivity contribution is 0.285. The first kappa shape index (κ1) is 15.4. The van der Waals surface area contributed by atoms with Crippen molar-refractivity contribution in [1.82, 2.24) is 0 Å². The highest BCUT2D eigenvalue weighted by atomic mass is 16.5. The molecule has 1 aromatic rings. The van der Waals surface area contributed by atoms with Crippen molar-refractivity contribution in [2.45, 2.75) is 13.8 Å². The summed E-state index contributed by atoms with van der Waals surface area (Å²) in [5, 5.41) is 17.6. The highest BCUT2D eigenvalue weighted by Gasteiger charge is 2.12. The first-order chi connectivity index (χ1) is 9.69. The zero-order valence-electron chi connectivity index (χ0n) is 11.8. The van der Waals surface area contributed by atoms with Crippen molar-refractivity contribution in [3.05, 3.63) is 23.3 Å². The summed E-state index contributed by atoms with van der Waals surface area (Å²) in [6.45, 7) is 4.73. The smallest absolute Gasteiger partial charge is 0.164 e. The Labute approximate surface area is 118 Å². The summed E-state index contributed by atoms with van der Waals surface area (Å²) < 4.78 is 16.2. The van der Waals surface area contributed by atoms with Gasteiger partial charge >= 0.3 is 0 Å². The van der Waals surface area contributed by atoms with Crippen molar-refractivity contribution in [1.29, 1.82) is 10.5 Å². The van der Waals surface area contributed by atoms with E-state index in [2.05, 4.69) is 0 Å². The largest absolute Gasteiger partial charge is 0.496 e. The molecule has 5 heteroatoms. The van der Waals surface area contributed by atoms with Crippen LogP contribution in [0.5, 0.6) is 17.2 Å². The van der Waals surface area contributed by atoms with E-state index < -0.39 is 0 Å². The van der Waals surface area contributed by atoms with Gasteiger partial charge in [-0.1, -0.05) is 0 Å². The van der Waals surface area contributed by atoms with Gasteiger partial charge in [0.2, 0.25) is 0 Å². The van der Waals surface area contributed by atoms with Gasteiger partial charge in [0.05, 0.1) is 20.3 Å². The number of hydrogen-bond donors (Lipinski definition) is 0. The molecular weight excluding hydrogens is 256 g/mol. The summed E-state index contributed by atoms with van der Waals surface area (Å²) in [6, 6.07) is 7.01. The zero-order chi connectivity index (χ0) is 15.0. The normalized spacial score (nSPS) is 9.05. The average molecular weight is 272 g/mol. The second kappa shape index (κ2) is 7.70. The fourth-order valence-corrected chi connectivity index (χ4v) is 1.63. The second-order valence-electron chi connectivity index (χ2n) is 3.69. The number of ether oxygens (including phenoxy) is 3. The number of benzene rings is 1. The molecule has 0 N–H and O–H groups in total. The molecule has 0 amide bonds. The van der Waals surface area contributed by atoms with Gasteiger partial charge in [0.25, 0.3) is 0 Å². The molecule has 0 atom stereocenters. The van der Waals surface area contributed by atoms with Crippen LogP contribution >= 0.6 is 0 Å². The SMILES string of the molecule is CCOc1cc(C=C(C#N)C#N)c(OC)cc1OCC. The molecule has 0 radical (unpaired) electrons. The minimum Gasteiger partial charge on any atom is -0.496 e. The van der Waals surface area contributed by atoms with E-state index >= 15 is 0 Å². The van der Waals surface area contributed by atoms with Gasteiger partial charge in [0, 0.05) is 11.6 Å². The average Bonchev–Trinajstić information content (AvgIpc) is 2.47. The molecule has 1 aromatic carbocycles. The number of nitrogens with zero attached hydrogens (tertiary/aromatic N) is 2. The number of methoxy groups -OCH3 is 1. The third-order valence-electron chi connectivity index (χ3n) is 2.44. The summed E-state index contributed by atoms with van der Waals surface area (Å²) in [4.78, 5) is 0. The van der Waals surface area contributed by atoms with E-state index in [1.165, 1.54) is 13.2 Å². The fourth-order valence-electron chi connectivity index (χ4n) is 1.63. The van der Waals surface area contributed by atoms with Crippen LogP contribution in [-0.2, 0) is 0 Å². The van der Waals surface area contributed by atoms with Crippen molar-refractivity contribution < 1.29 is 14.2 Å². The topological polar surface area (TPSA) is 75.3 Å². The molecule has 0 aliphatic carbocycles. The molecule has 0 saturated heterocycles. The van der Waals surface area contributed by atoms with Crippen LogP contribution in [-0.4, -0.2) is 20.3 Å². The molecule has 0 aromatic heterocycles. The van der Waals surface area contributed by atoms with Crippen molar-refractivity contribution in [2.24, 2.45) is 0 Å². The molecule has 20 heavy (non-hydrogen) atoms. The third kappa shape index (κ3) is 3.66. The first-order valence-corrected chi connectivity index (χ1v) is 6.19. The lowest BCUT2D eigenvalue weighted by Gasteiger charge is -2.14. The van der Waals surface area contributed by atoms with Gasteiger partial charge in [0.1, 0.15) is 23.5 Å². The summed E-state index contributed by atoms with van der Waals surface area (Å²) in [5.41, 5.74) is 0.590. The summed E-state index contributed by atoms with van der Waals surface area (Å²) >= 11 is 0. The molecule has 5 nitrogen and oxygen atoms in total. The van der Waals surface area contributed by atoms with Gasteiger partial charge in [-0.25, -0.2) is 0 Å². The van der Waals surface area contributed by atoms with Crippen LogP contribution in [0.25, 0.3) is 6.08 Å². The lowest BCUT2D eigenvalue weighted by atomic mass is 10.1. The standard InChI is InChI=1S/C15H16N2O3/c1-4-19-14-7-12(6-11(9-16)10-17)13(18-3)8-15(14)20-5-2/h6-8H,4-5H2,1-3H3. The number of nitriles is 2. The van der Waals surface area contributed by atoms with E-state index in [9.17, 15) is 0 Å². The van der Waals surface area contributed by atoms with E-state index in [0.717, 1.165) is 0 Å². The quantitative estimate of drug-likeness (QED) is 0.744. The highest BCUT2D eigenvalue weighted by Crippen LogP contribution is 2.36. The molecule has 0 aliphatic rings. The van der Waals surface area contributed by atoms with E-state index in [4.69, 9.17) is 24.7 Å². The van der Waals surface area contributed by atoms with Crippen LogP contribution in [0.1, 0.15) is 19.4 Å². The third-order valence-corrected chi connectivity index (χ3v) is 2.44. The maximum Gasteiger partial charge on any atom is 0.164 e. The van der Waals surface area contributed by atoms with Crippen molar-refractivity contribution >= 4 is 6.08 Å². The van der Waals surface area contributed by atoms with Gasteiger partial charge in [0.15, 0.2) is 11.5 Å². The van der Waals surface area contributed by atoms with Gasteiger partial charge in [-0.2, -0.15) is 10.5 Å². The number of rotatable bonds is 6. The monoisotopic (exact) mass is 272 g/mol. The predicted molar refractivity (Wildman–Crippen MR) is 74.5 cm³/mol. The second-order valence-corrected chi connectivity index (χ2v) is 3.69. The van der Waals surface area contributed by atoms with Crippen molar-refractivity contribution in [2.75, 3.05) is 20.3 Å². The van der Waals surface area contributed by atoms with Crippen LogP contribution in [0.4, 0.5) is 0 Å². The van der Waals surface area contributed by atoms with Crippen LogP contribution in [0.2, 0.25) is 0 Å². The highest BCUT2D eigenvalue weighted by molar-refractivity contribution is 5.69. The van der Waals surface area contributed by atoms with Gasteiger partial charge < -0.3 is 14.2 Å². The van der Waals surface area contributed by atoms with Gasteiger partial charge in [-0.05, 0) is 26.0 Å². The molecule has 0 unspecified atom stereocenters. The van der Waals surface area contributed by atoms with Crippen LogP contribution in [0.3, 0.4) is 0 Å². The van der Waals surface area contributed by atoms with E-state index in [1.54, 1.807) is 12.1 Å². The molecule has 0 saturated carbocycles. The molecule has 1 rings (SSSR count). The summed E-state index contributed by atoms with van der Waals surface area (Å²) in [5.74, 6) is 1.63. The zero-order valence-corrected chi connectivity index (χ0v) is 11.8. The molecular formula is C15H16N2O3. The van der Waals surface area contributed by atoms with Gasteiger partial charge in [-0.15, -0.1) is 0 Å². The maximum atomic E-state index is 8.82. The van der Waals surface area contributed by atoms with E-state index in [0.29, 0.717) is 36.0 Å². The fraction of sp³-hybridized carbons (Fsp3) is 0.333. The molecule has 104 valence electrons. The lowest BCUT2D eigenvalue weighted by Crippen LogP contribution is -2.00. The van der Waals surface area contributed by atoms with Gasteiger partial charge in [-0.3, -0.25) is 0 Å². The minimum absolute atomic E-state index is 0.00471. The summed E-state index contributed by atoms with van der Waals surface area (Å²) in [6.07, 6.45) is 1.46. The Morgan fingerprint density at radius 1 is 1.05 bits per heavy atom. The summed E-state index contributed by atoms with van der Waals surface area (Å²) in [7, 11) is 1.52. The van der Waals surface area contributed by atoms with Crippen molar-refractivity contribution in [3.63, 3.8) is 0 Å². The Balaban J connectivity index is 3.37.